The van der Waals surface area contributed by atoms with Gasteiger partial charge in [-0.15, -0.1) is 5.54 Å². The highest BCUT2D eigenvalue weighted by molar-refractivity contribution is 6.87. The summed E-state index contributed by atoms with van der Waals surface area (Å²) in [6.45, 7) is 22.4. The van der Waals surface area contributed by atoms with E-state index in [1.807, 2.05) is 13.8 Å². The van der Waals surface area contributed by atoms with Gasteiger partial charge < -0.3 is 23.7 Å². The fraction of sp³-hybridized carbons (Fsp3) is 0.793. The van der Waals surface area contributed by atoms with Crippen LogP contribution in [0.5, 0.6) is 0 Å². The molecule has 1 aliphatic carbocycles. The predicted molar refractivity (Wildman–Crippen MR) is 151 cm³/mol. The van der Waals surface area contributed by atoms with Gasteiger partial charge >= 0.3 is 0 Å². The highest BCUT2D eigenvalue weighted by Gasteiger charge is 2.64. The molecule has 5 atom stereocenters. The molecule has 2 fully saturated rings. The van der Waals surface area contributed by atoms with Crippen molar-refractivity contribution < 1.29 is 23.7 Å². The largest absolute Gasteiger partial charge is 0.410 e. The van der Waals surface area contributed by atoms with E-state index < -0.39 is 27.8 Å². The topological polar surface area (TPSA) is 60.5 Å². The lowest BCUT2D eigenvalue weighted by atomic mass is 9.97. The Labute approximate surface area is 221 Å². The minimum Gasteiger partial charge on any atom is -0.410 e. The van der Waals surface area contributed by atoms with Crippen LogP contribution in [0.4, 0.5) is 0 Å². The molecule has 0 amide bonds. The Morgan fingerprint density at radius 3 is 2.25 bits per heavy atom. The van der Waals surface area contributed by atoms with Crippen LogP contribution in [0.2, 0.25) is 36.3 Å². The molecule has 2 heterocycles. The van der Waals surface area contributed by atoms with Crippen LogP contribution in [0.15, 0.2) is 11.6 Å². The van der Waals surface area contributed by atoms with Crippen LogP contribution >= 0.6 is 0 Å². The molecule has 0 saturated carbocycles. The summed E-state index contributed by atoms with van der Waals surface area (Å²) in [7, 11) is -3.53. The summed E-state index contributed by atoms with van der Waals surface area (Å²) in [4.78, 5) is 0. The molecule has 0 bridgehead atoms. The molecule has 5 nitrogen and oxygen atoms in total. The molecular weight excluding hydrogens is 484 g/mol. The summed E-state index contributed by atoms with van der Waals surface area (Å²) in [5, 5.41) is 10.2. The number of aliphatic hydroxyl groups is 1. The standard InChI is InChI=1S/C29H48O5Si2/c1-11-36(12-2,13-3)17-15-25-29(33-25,26-21-31-28(7,8)32-26)16-14-22-18-24(19-23(22)20-30)34-35(9,10)27(4,5)6/h18,23-26,30H,11-13,19-21H2,1-10H3/t23-,24+,25+,26+,29-/m0/s1. The second-order valence-corrected chi connectivity index (χ2v) is 22.3. The van der Waals surface area contributed by atoms with Crippen molar-refractivity contribution in [3.63, 3.8) is 0 Å². The Kier molecular flexibility index (Phi) is 8.81. The summed E-state index contributed by atoms with van der Waals surface area (Å²) < 4.78 is 25.0. The first-order valence-corrected chi connectivity index (χ1v) is 19.2. The van der Waals surface area contributed by atoms with Gasteiger partial charge in [0.25, 0.3) is 0 Å². The normalized spacial score (nSPS) is 31.8. The van der Waals surface area contributed by atoms with Crippen molar-refractivity contribution in [1.82, 2.24) is 0 Å². The predicted octanol–water partition coefficient (Wildman–Crippen LogP) is 5.66. The maximum Gasteiger partial charge on any atom is 0.196 e. The molecule has 0 unspecified atom stereocenters. The van der Waals surface area contributed by atoms with Gasteiger partial charge in [-0.25, -0.2) is 0 Å². The van der Waals surface area contributed by atoms with Crippen molar-refractivity contribution in [2.75, 3.05) is 13.2 Å². The lowest BCUT2D eigenvalue weighted by Crippen LogP contribution is -2.43. The van der Waals surface area contributed by atoms with Crippen LogP contribution < -0.4 is 0 Å². The fourth-order valence-electron chi connectivity index (χ4n) is 4.79. The van der Waals surface area contributed by atoms with Gasteiger partial charge in [0, 0.05) is 11.5 Å². The fourth-order valence-corrected chi connectivity index (χ4v) is 8.53. The van der Waals surface area contributed by atoms with Gasteiger partial charge in [0.15, 0.2) is 25.8 Å². The third-order valence-electron chi connectivity index (χ3n) is 8.83. The van der Waals surface area contributed by atoms with Crippen LogP contribution in [0.3, 0.4) is 0 Å². The first-order chi connectivity index (χ1) is 16.7. The van der Waals surface area contributed by atoms with Gasteiger partial charge in [0.1, 0.15) is 14.2 Å². The summed E-state index contributed by atoms with van der Waals surface area (Å²) in [5.41, 5.74) is 3.80. The average molecular weight is 533 g/mol. The van der Waals surface area contributed by atoms with E-state index in [1.54, 1.807) is 0 Å². The maximum atomic E-state index is 10.1. The second-order valence-electron chi connectivity index (χ2n) is 12.6. The number of ether oxygens (including phenoxy) is 3. The SMILES string of the molecule is CC[Si](C#C[C@H]1O[C@]1(C#CC1=C[C@@H](O[Si](C)(C)C(C)(C)C)C[C@H]1CO)[C@H]1COC(C)(C)O1)(CC)CC. The first-order valence-electron chi connectivity index (χ1n) is 13.7. The van der Waals surface area contributed by atoms with Crippen molar-refractivity contribution in [2.45, 2.75) is 128 Å². The van der Waals surface area contributed by atoms with Crippen molar-refractivity contribution >= 4 is 16.4 Å². The molecule has 36 heavy (non-hydrogen) atoms. The highest BCUT2D eigenvalue weighted by Crippen LogP contribution is 2.45. The highest BCUT2D eigenvalue weighted by atomic mass is 28.4. The van der Waals surface area contributed by atoms with Crippen LogP contribution in [0.25, 0.3) is 0 Å². The number of epoxide rings is 1. The van der Waals surface area contributed by atoms with E-state index in [0.717, 1.165) is 30.1 Å². The van der Waals surface area contributed by atoms with E-state index in [1.165, 1.54) is 0 Å². The zero-order valence-electron chi connectivity index (χ0n) is 24.2. The van der Waals surface area contributed by atoms with Crippen molar-refractivity contribution in [3.05, 3.63) is 11.6 Å². The number of hydrogen-bond acceptors (Lipinski definition) is 5. The van der Waals surface area contributed by atoms with Crippen molar-refractivity contribution in [1.29, 1.82) is 0 Å². The van der Waals surface area contributed by atoms with E-state index in [-0.39, 0.29) is 35.9 Å². The molecule has 0 aromatic heterocycles. The minimum absolute atomic E-state index is 0.0192. The lowest BCUT2D eigenvalue weighted by Gasteiger charge is -2.38. The van der Waals surface area contributed by atoms with Gasteiger partial charge in [-0.2, -0.15) is 0 Å². The van der Waals surface area contributed by atoms with Crippen molar-refractivity contribution in [3.8, 4) is 23.3 Å². The van der Waals surface area contributed by atoms with Crippen LogP contribution in [-0.4, -0.2) is 64.4 Å². The molecule has 0 radical (unpaired) electrons. The van der Waals surface area contributed by atoms with Crippen LogP contribution in [-0.2, 0) is 18.6 Å². The van der Waals surface area contributed by atoms with Gasteiger partial charge in [-0.1, -0.05) is 59.3 Å². The number of aliphatic hydroxyl groups excluding tert-OH is 1. The third kappa shape index (κ3) is 6.21. The monoisotopic (exact) mass is 532 g/mol. The lowest BCUT2D eigenvalue weighted by molar-refractivity contribution is -0.143. The molecule has 202 valence electrons. The number of rotatable bonds is 7. The van der Waals surface area contributed by atoms with Gasteiger partial charge in [-0.3, -0.25) is 0 Å². The molecule has 0 aromatic rings. The Balaban J connectivity index is 1.89. The zero-order chi connectivity index (χ0) is 27.0. The second kappa shape index (κ2) is 10.7. The van der Waals surface area contributed by atoms with E-state index >= 15 is 0 Å². The molecule has 2 saturated heterocycles. The zero-order valence-corrected chi connectivity index (χ0v) is 26.2. The molecule has 7 heteroatoms. The molecule has 1 N–H and O–H groups in total. The summed E-state index contributed by atoms with van der Waals surface area (Å²) in [6.07, 6.45) is 2.28. The Hall–Kier alpha value is -0.906. The van der Waals surface area contributed by atoms with Crippen LogP contribution in [0, 0.1) is 29.2 Å². The van der Waals surface area contributed by atoms with E-state index in [0.29, 0.717) is 6.61 Å². The average Bonchev–Trinajstić information content (AvgIpc) is 3.18. The third-order valence-corrected chi connectivity index (χ3v) is 18.1. The first kappa shape index (κ1) is 29.6. The quantitative estimate of drug-likeness (QED) is 0.260. The Morgan fingerprint density at radius 1 is 1.11 bits per heavy atom. The van der Waals surface area contributed by atoms with E-state index in [2.05, 4.69) is 84.0 Å². The molecule has 3 rings (SSSR count). The number of hydrogen-bond donors (Lipinski definition) is 1. The van der Waals surface area contributed by atoms with Crippen molar-refractivity contribution in [2.24, 2.45) is 5.92 Å². The summed E-state index contributed by atoms with van der Waals surface area (Å²) >= 11 is 0. The maximum absolute atomic E-state index is 10.1. The minimum atomic E-state index is -1.93. The summed E-state index contributed by atoms with van der Waals surface area (Å²) in [5.74, 6) is 9.58. The van der Waals surface area contributed by atoms with Gasteiger partial charge in [0.2, 0.25) is 0 Å². The molecule has 0 aromatic carbocycles. The molecule has 0 spiro atoms. The molecule has 2 aliphatic heterocycles. The Morgan fingerprint density at radius 2 is 1.75 bits per heavy atom. The molecule has 3 aliphatic rings. The van der Waals surface area contributed by atoms with Crippen LogP contribution in [0.1, 0.15) is 61.8 Å². The molecular formula is C29H48O5Si2. The summed E-state index contributed by atoms with van der Waals surface area (Å²) in [6, 6.07) is 3.44. The van der Waals surface area contributed by atoms with E-state index in [9.17, 15) is 5.11 Å². The smallest absolute Gasteiger partial charge is 0.196 e. The Bertz CT molecular complexity index is 946. The van der Waals surface area contributed by atoms with Gasteiger partial charge in [-0.05, 0) is 62.6 Å². The van der Waals surface area contributed by atoms with E-state index in [4.69, 9.17) is 18.6 Å². The van der Waals surface area contributed by atoms with Gasteiger partial charge in [0.05, 0.1) is 19.3 Å².